The van der Waals surface area contributed by atoms with E-state index in [1.807, 2.05) is 22.8 Å². The standard InChI is InChI=1S/C17H17N5O2S/c1-12-5-2-3-8-15(12)20-10-21-16(18-19-17(21)25-11-20)13-6-4-7-14(9-13)22(23)24/h2-9,22-23H,10-11H2,1H3. The minimum absolute atomic E-state index is 0.245. The highest BCUT2D eigenvalue weighted by Gasteiger charge is 2.23. The molecular weight excluding hydrogens is 338 g/mol. The van der Waals surface area contributed by atoms with Gasteiger partial charge in [-0.3, -0.25) is 4.57 Å². The van der Waals surface area contributed by atoms with Crippen molar-refractivity contribution in [2.75, 3.05) is 10.8 Å². The third-order valence-corrected chi connectivity index (χ3v) is 5.20. The van der Waals surface area contributed by atoms with E-state index < -0.39 is 5.23 Å². The first-order chi connectivity index (χ1) is 12.1. The van der Waals surface area contributed by atoms with Crippen LogP contribution in [0.4, 0.5) is 11.4 Å². The third-order valence-electron chi connectivity index (χ3n) is 4.20. The summed E-state index contributed by atoms with van der Waals surface area (Å²) in [7, 11) is 0. The van der Waals surface area contributed by atoms with Crippen LogP contribution in [0.1, 0.15) is 5.56 Å². The van der Waals surface area contributed by atoms with Gasteiger partial charge in [0.1, 0.15) is 0 Å². The number of anilines is 1. The van der Waals surface area contributed by atoms with Gasteiger partial charge in [-0.05, 0) is 18.6 Å². The number of hydrogen-bond donors (Lipinski definition) is 2. The molecule has 1 aromatic heterocycles. The summed E-state index contributed by atoms with van der Waals surface area (Å²) in [6.07, 6.45) is 0. The van der Waals surface area contributed by atoms with E-state index in [0.717, 1.165) is 16.6 Å². The molecule has 4 rings (SSSR count). The van der Waals surface area contributed by atoms with E-state index in [9.17, 15) is 10.4 Å². The van der Waals surface area contributed by atoms with Gasteiger partial charge in [-0.1, -0.05) is 42.1 Å². The summed E-state index contributed by atoms with van der Waals surface area (Å²) in [5, 5.41) is 28.9. The number of rotatable bonds is 3. The maximum absolute atomic E-state index is 11.2. The van der Waals surface area contributed by atoms with Gasteiger partial charge in [-0.15, -0.1) is 10.2 Å². The van der Waals surface area contributed by atoms with E-state index in [1.165, 1.54) is 11.3 Å². The Balaban J connectivity index is 1.70. The summed E-state index contributed by atoms with van der Waals surface area (Å²) in [6.45, 7) is 2.73. The van der Waals surface area contributed by atoms with Crippen LogP contribution in [0.3, 0.4) is 0 Å². The molecule has 7 nitrogen and oxygen atoms in total. The lowest BCUT2D eigenvalue weighted by Gasteiger charge is -2.30. The van der Waals surface area contributed by atoms with Crippen molar-refractivity contribution in [2.24, 2.45) is 0 Å². The van der Waals surface area contributed by atoms with E-state index in [0.29, 0.717) is 12.5 Å². The molecule has 0 bridgehead atoms. The molecule has 0 aliphatic carbocycles. The van der Waals surface area contributed by atoms with Gasteiger partial charge in [0.2, 0.25) is 0 Å². The van der Waals surface area contributed by atoms with Crippen molar-refractivity contribution in [2.45, 2.75) is 18.7 Å². The Morgan fingerprint density at radius 1 is 1.16 bits per heavy atom. The van der Waals surface area contributed by atoms with E-state index in [2.05, 4.69) is 34.2 Å². The quantitative estimate of drug-likeness (QED) is 0.701. The SMILES string of the molecule is Cc1ccccc1N1CSc2nnc(-c3cccc([NH+]([O-])O)c3)n2C1. The summed E-state index contributed by atoms with van der Waals surface area (Å²) in [4.78, 5) is 2.26. The van der Waals surface area contributed by atoms with Crippen LogP contribution >= 0.6 is 11.8 Å². The minimum Gasteiger partial charge on any atom is -0.595 e. The molecule has 0 spiro atoms. The Morgan fingerprint density at radius 2 is 2.00 bits per heavy atom. The molecule has 2 aromatic carbocycles. The van der Waals surface area contributed by atoms with E-state index >= 15 is 0 Å². The summed E-state index contributed by atoms with van der Waals surface area (Å²) < 4.78 is 2.03. The van der Waals surface area contributed by atoms with Crippen LogP contribution < -0.4 is 10.1 Å². The predicted molar refractivity (Wildman–Crippen MR) is 95.6 cm³/mol. The summed E-state index contributed by atoms with van der Waals surface area (Å²) in [5.74, 6) is 1.49. The number of benzene rings is 2. The molecule has 1 aliphatic heterocycles. The number of nitrogens with one attached hydrogen (secondary N) is 1. The molecule has 1 aliphatic rings. The number of nitrogens with zero attached hydrogens (tertiary/aromatic N) is 4. The van der Waals surface area contributed by atoms with Crippen LogP contribution in [0, 0.1) is 12.1 Å². The normalized spacial score (nSPS) is 15.1. The molecule has 0 saturated heterocycles. The van der Waals surface area contributed by atoms with Crippen LogP contribution in [-0.4, -0.2) is 25.8 Å². The number of hydrogen-bond acceptors (Lipinski definition) is 6. The largest absolute Gasteiger partial charge is 0.595 e. The maximum Gasteiger partial charge on any atom is 0.194 e. The van der Waals surface area contributed by atoms with Crippen molar-refractivity contribution in [3.8, 4) is 11.4 Å². The van der Waals surface area contributed by atoms with Crippen molar-refractivity contribution in [1.29, 1.82) is 0 Å². The zero-order valence-corrected chi connectivity index (χ0v) is 14.4. The summed E-state index contributed by atoms with van der Waals surface area (Å²) in [5.41, 5.74) is 3.40. The topological polar surface area (TPSA) is 81.7 Å². The van der Waals surface area contributed by atoms with Crippen molar-refractivity contribution in [3.63, 3.8) is 0 Å². The Kier molecular flexibility index (Phi) is 4.18. The number of aromatic nitrogens is 3. The Bertz CT molecular complexity index is 912. The molecular formula is C17H17N5O2S. The zero-order valence-electron chi connectivity index (χ0n) is 13.6. The van der Waals surface area contributed by atoms with Crippen molar-refractivity contribution in [3.05, 3.63) is 59.3 Å². The fourth-order valence-electron chi connectivity index (χ4n) is 2.94. The highest BCUT2D eigenvalue weighted by Crippen LogP contribution is 2.33. The van der Waals surface area contributed by atoms with Crippen LogP contribution in [-0.2, 0) is 6.67 Å². The lowest BCUT2D eigenvalue weighted by molar-refractivity contribution is -0.991. The second kappa shape index (κ2) is 6.49. The molecule has 2 heterocycles. The Hall–Kier alpha value is -2.39. The van der Waals surface area contributed by atoms with Crippen molar-refractivity contribution < 1.29 is 10.4 Å². The fraction of sp³-hybridized carbons (Fsp3) is 0.176. The van der Waals surface area contributed by atoms with Gasteiger partial charge in [0.05, 0.1) is 12.5 Å². The molecule has 0 radical (unpaired) electrons. The van der Waals surface area contributed by atoms with Gasteiger partial charge in [-0.2, -0.15) is 5.23 Å². The molecule has 3 aromatic rings. The van der Waals surface area contributed by atoms with Gasteiger partial charge in [-0.25, -0.2) is 5.21 Å². The van der Waals surface area contributed by atoms with Crippen LogP contribution in [0.15, 0.2) is 53.7 Å². The van der Waals surface area contributed by atoms with Gasteiger partial charge >= 0.3 is 0 Å². The Labute approximate surface area is 149 Å². The monoisotopic (exact) mass is 355 g/mol. The van der Waals surface area contributed by atoms with Gasteiger partial charge in [0.15, 0.2) is 16.7 Å². The fourth-order valence-corrected chi connectivity index (χ4v) is 3.83. The molecule has 0 amide bonds. The first kappa shape index (κ1) is 16.1. The second-order valence-electron chi connectivity index (χ2n) is 5.86. The second-order valence-corrected chi connectivity index (χ2v) is 6.77. The first-order valence-corrected chi connectivity index (χ1v) is 8.82. The number of thioether (sulfide) groups is 1. The first-order valence-electron chi connectivity index (χ1n) is 7.84. The zero-order chi connectivity index (χ0) is 17.4. The van der Waals surface area contributed by atoms with Crippen molar-refractivity contribution in [1.82, 2.24) is 14.8 Å². The van der Waals surface area contributed by atoms with Gasteiger partial charge in [0.25, 0.3) is 0 Å². The van der Waals surface area contributed by atoms with Gasteiger partial charge in [0, 0.05) is 23.4 Å². The molecule has 25 heavy (non-hydrogen) atoms. The smallest absolute Gasteiger partial charge is 0.194 e. The summed E-state index contributed by atoms with van der Waals surface area (Å²) >= 11 is 1.63. The Morgan fingerprint density at radius 3 is 2.80 bits per heavy atom. The number of quaternary nitrogens is 1. The van der Waals surface area contributed by atoms with E-state index in [1.54, 1.807) is 30.0 Å². The maximum atomic E-state index is 11.2. The predicted octanol–water partition coefficient (Wildman–Crippen LogP) is 2.18. The average molecular weight is 355 g/mol. The van der Waals surface area contributed by atoms with Crippen LogP contribution in [0.5, 0.6) is 0 Å². The highest BCUT2D eigenvalue weighted by atomic mass is 32.2. The number of aryl methyl sites for hydroxylation is 1. The van der Waals surface area contributed by atoms with Crippen LogP contribution in [0.2, 0.25) is 0 Å². The van der Waals surface area contributed by atoms with Crippen molar-refractivity contribution >= 4 is 23.1 Å². The molecule has 2 N–H and O–H groups in total. The van der Waals surface area contributed by atoms with E-state index in [-0.39, 0.29) is 5.69 Å². The number of fused-ring (bicyclic) bond motifs is 1. The average Bonchev–Trinajstić information content (AvgIpc) is 3.05. The molecule has 0 fully saturated rings. The van der Waals surface area contributed by atoms with Gasteiger partial charge < -0.3 is 10.1 Å². The van der Waals surface area contributed by atoms with Crippen LogP contribution in [0.25, 0.3) is 11.4 Å². The third kappa shape index (κ3) is 3.00. The molecule has 128 valence electrons. The summed E-state index contributed by atoms with van der Waals surface area (Å²) in [6, 6.07) is 15.1. The molecule has 1 atom stereocenters. The molecule has 8 heteroatoms. The molecule has 1 unspecified atom stereocenters. The lowest BCUT2D eigenvalue weighted by atomic mass is 10.2. The number of para-hydroxylation sites is 1. The molecule has 0 saturated carbocycles. The van der Waals surface area contributed by atoms with E-state index in [4.69, 9.17) is 0 Å². The lowest BCUT2D eigenvalue weighted by Crippen LogP contribution is -2.99. The minimum atomic E-state index is -0.948. The highest BCUT2D eigenvalue weighted by molar-refractivity contribution is 7.99.